The highest BCUT2D eigenvalue weighted by atomic mass is 16.5. The van der Waals surface area contributed by atoms with Gasteiger partial charge in [0, 0.05) is 16.6 Å². The molecule has 0 aromatic heterocycles. The van der Waals surface area contributed by atoms with Gasteiger partial charge >= 0.3 is 0 Å². The monoisotopic (exact) mass is 229 g/mol. The highest BCUT2D eigenvalue weighted by Gasteiger charge is 2.13. The van der Waals surface area contributed by atoms with E-state index in [1.165, 1.54) is 0 Å². The van der Waals surface area contributed by atoms with Crippen molar-refractivity contribution < 1.29 is 9.47 Å². The highest BCUT2D eigenvalue weighted by Crippen LogP contribution is 2.39. The van der Waals surface area contributed by atoms with E-state index in [4.69, 9.17) is 15.2 Å². The average molecular weight is 229 g/mol. The van der Waals surface area contributed by atoms with Crippen LogP contribution in [0.1, 0.15) is 5.56 Å². The van der Waals surface area contributed by atoms with Crippen molar-refractivity contribution in [3.05, 3.63) is 36.4 Å². The zero-order valence-electron chi connectivity index (χ0n) is 9.99. The first-order valence-corrected chi connectivity index (χ1v) is 5.28. The second-order valence-corrected chi connectivity index (χ2v) is 3.67. The summed E-state index contributed by atoms with van der Waals surface area (Å²) in [5.41, 5.74) is 7.58. The molecule has 0 atom stereocenters. The maximum atomic E-state index is 5.96. The van der Waals surface area contributed by atoms with Gasteiger partial charge < -0.3 is 15.2 Å². The molecule has 0 unspecified atom stereocenters. The number of nitrogens with two attached hydrogens (primary N) is 1. The number of hydrogen-bond acceptors (Lipinski definition) is 3. The van der Waals surface area contributed by atoms with Crippen molar-refractivity contribution in [1.82, 2.24) is 0 Å². The summed E-state index contributed by atoms with van der Waals surface area (Å²) in [5.74, 6) is 1.34. The normalized spacial score (nSPS) is 10.2. The van der Waals surface area contributed by atoms with Crippen LogP contribution in [0.5, 0.6) is 11.5 Å². The highest BCUT2D eigenvalue weighted by molar-refractivity contribution is 6.01. The van der Waals surface area contributed by atoms with Crippen LogP contribution in [0.2, 0.25) is 0 Å². The van der Waals surface area contributed by atoms with E-state index >= 15 is 0 Å². The smallest absolute Gasteiger partial charge is 0.168 e. The molecule has 0 fully saturated rings. The predicted octanol–water partition coefficient (Wildman–Crippen LogP) is 3.08. The Bertz CT molecular complexity index is 576. The van der Waals surface area contributed by atoms with E-state index in [-0.39, 0.29) is 0 Å². The largest absolute Gasteiger partial charge is 0.493 e. The number of hydrogen-bond donors (Lipinski definition) is 1. The first-order chi connectivity index (χ1) is 8.22. The second kappa shape index (κ2) is 4.37. The summed E-state index contributed by atoms with van der Waals surface area (Å²) in [6.07, 6.45) is 1.75. The minimum atomic E-state index is 0.660. The molecule has 0 aliphatic rings. The van der Waals surface area contributed by atoms with Gasteiger partial charge in [0.1, 0.15) is 0 Å². The molecule has 0 bridgehead atoms. The molecule has 0 aliphatic carbocycles. The van der Waals surface area contributed by atoms with Crippen molar-refractivity contribution in [2.24, 2.45) is 0 Å². The van der Waals surface area contributed by atoms with Crippen molar-refractivity contribution in [1.29, 1.82) is 0 Å². The van der Waals surface area contributed by atoms with Crippen molar-refractivity contribution in [2.75, 3.05) is 20.0 Å². The molecule has 2 N–H and O–H groups in total. The summed E-state index contributed by atoms with van der Waals surface area (Å²) in [5, 5.41) is 1.96. The summed E-state index contributed by atoms with van der Waals surface area (Å²) in [6.45, 7) is 3.82. The summed E-state index contributed by atoms with van der Waals surface area (Å²) < 4.78 is 10.7. The van der Waals surface area contributed by atoms with Crippen LogP contribution in [0.3, 0.4) is 0 Å². The third kappa shape index (κ3) is 1.69. The van der Waals surface area contributed by atoms with Gasteiger partial charge in [-0.1, -0.05) is 24.8 Å². The minimum Gasteiger partial charge on any atom is -0.493 e. The Morgan fingerprint density at radius 1 is 1.18 bits per heavy atom. The fourth-order valence-electron chi connectivity index (χ4n) is 2.00. The van der Waals surface area contributed by atoms with Gasteiger partial charge in [0.05, 0.1) is 14.2 Å². The average Bonchev–Trinajstić information content (AvgIpc) is 2.36. The topological polar surface area (TPSA) is 44.5 Å². The van der Waals surface area contributed by atoms with Crippen LogP contribution in [0, 0.1) is 0 Å². The van der Waals surface area contributed by atoms with Crippen molar-refractivity contribution in [3.8, 4) is 11.5 Å². The fourth-order valence-corrected chi connectivity index (χ4v) is 2.00. The molecule has 2 rings (SSSR count). The van der Waals surface area contributed by atoms with Gasteiger partial charge in [0.15, 0.2) is 11.5 Å². The fraction of sp³-hybridized carbons (Fsp3) is 0.143. The molecule has 2 aromatic carbocycles. The van der Waals surface area contributed by atoms with E-state index in [2.05, 4.69) is 6.58 Å². The Balaban J connectivity index is 2.93. The molecule has 3 nitrogen and oxygen atoms in total. The Kier molecular flexibility index (Phi) is 2.91. The maximum absolute atomic E-state index is 5.96. The Morgan fingerprint density at radius 3 is 2.53 bits per heavy atom. The lowest BCUT2D eigenvalue weighted by Crippen LogP contribution is -1.96. The van der Waals surface area contributed by atoms with Crippen molar-refractivity contribution >= 4 is 22.5 Å². The van der Waals surface area contributed by atoms with Gasteiger partial charge in [0.25, 0.3) is 0 Å². The number of benzene rings is 2. The molecule has 0 spiro atoms. The van der Waals surface area contributed by atoms with Crippen LogP contribution in [0.15, 0.2) is 30.8 Å². The Morgan fingerprint density at radius 2 is 1.94 bits per heavy atom. The van der Waals surface area contributed by atoms with Gasteiger partial charge in [-0.05, 0) is 17.5 Å². The predicted molar refractivity (Wildman–Crippen MR) is 71.6 cm³/mol. The van der Waals surface area contributed by atoms with E-state index < -0.39 is 0 Å². The van der Waals surface area contributed by atoms with E-state index in [9.17, 15) is 0 Å². The molecule has 0 radical (unpaired) electrons. The number of anilines is 1. The molecular formula is C14H15NO2. The molecule has 0 saturated carbocycles. The molecule has 17 heavy (non-hydrogen) atoms. The van der Waals surface area contributed by atoms with Gasteiger partial charge in [-0.2, -0.15) is 0 Å². The van der Waals surface area contributed by atoms with Gasteiger partial charge in [-0.15, -0.1) is 0 Å². The van der Waals surface area contributed by atoms with Crippen LogP contribution in [-0.4, -0.2) is 14.2 Å². The Hall–Kier alpha value is -2.16. The van der Waals surface area contributed by atoms with Crippen molar-refractivity contribution in [2.45, 2.75) is 0 Å². The standard InChI is InChI=1S/C14H15NO2/c1-4-9-10-6-5-7-12(15)11(10)8-13(16-2)14(9)17-3/h4-8H,1,15H2,2-3H3. The Labute approximate surface area is 100 Å². The van der Waals surface area contributed by atoms with Gasteiger partial charge in [0.2, 0.25) is 0 Å². The summed E-state index contributed by atoms with van der Waals surface area (Å²) in [7, 11) is 3.22. The number of nitrogen functional groups attached to an aromatic ring is 1. The molecule has 0 aliphatic heterocycles. The van der Waals surface area contributed by atoms with Crippen LogP contribution in [0.4, 0.5) is 5.69 Å². The summed E-state index contributed by atoms with van der Waals surface area (Å²) in [6, 6.07) is 7.65. The van der Waals surface area contributed by atoms with E-state index in [1.807, 2.05) is 24.3 Å². The first-order valence-electron chi connectivity index (χ1n) is 5.28. The van der Waals surface area contributed by atoms with E-state index in [0.717, 1.165) is 16.3 Å². The lowest BCUT2D eigenvalue weighted by molar-refractivity contribution is 0.355. The molecule has 0 saturated heterocycles. The maximum Gasteiger partial charge on any atom is 0.168 e. The van der Waals surface area contributed by atoms with Crippen LogP contribution in [-0.2, 0) is 0 Å². The zero-order chi connectivity index (χ0) is 12.4. The molecular weight excluding hydrogens is 214 g/mol. The minimum absolute atomic E-state index is 0.660. The zero-order valence-corrected chi connectivity index (χ0v) is 9.99. The molecule has 88 valence electrons. The summed E-state index contributed by atoms with van der Waals surface area (Å²) >= 11 is 0. The van der Waals surface area contributed by atoms with Gasteiger partial charge in [-0.25, -0.2) is 0 Å². The van der Waals surface area contributed by atoms with Crippen LogP contribution in [0.25, 0.3) is 16.8 Å². The quantitative estimate of drug-likeness (QED) is 0.822. The molecule has 3 heteroatoms. The number of methoxy groups -OCH3 is 2. The van der Waals surface area contributed by atoms with E-state index in [0.29, 0.717) is 17.2 Å². The SMILES string of the molecule is C=Cc1c(OC)c(OC)cc2c(N)cccc12. The van der Waals surface area contributed by atoms with Crippen LogP contribution >= 0.6 is 0 Å². The molecule has 2 aromatic rings. The lowest BCUT2D eigenvalue weighted by Gasteiger charge is -2.14. The van der Waals surface area contributed by atoms with Crippen LogP contribution < -0.4 is 15.2 Å². The number of ether oxygens (including phenoxy) is 2. The number of rotatable bonds is 3. The lowest BCUT2D eigenvalue weighted by atomic mass is 10.0. The van der Waals surface area contributed by atoms with E-state index in [1.54, 1.807) is 20.3 Å². The molecule has 0 heterocycles. The first kappa shape index (κ1) is 11.3. The second-order valence-electron chi connectivity index (χ2n) is 3.67. The van der Waals surface area contributed by atoms with Crippen molar-refractivity contribution in [3.63, 3.8) is 0 Å². The third-order valence-electron chi connectivity index (χ3n) is 2.80. The summed E-state index contributed by atoms with van der Waals surface area (Å²) in [4.78, 5) is 0. The van der Waals surface area contributed by atoms with Gasteiger partial charge in [-0.3, -0.25) is 0 Å². The molecule has 0 amide bonds. The number of fused-ring (bicyclic) bond motifs is 1. The third-order valence-corrected chi connectivity index (χ3v) is 2.80.